The Kier molecular flexibility index (Phi) is 4.40. The van der Waals surface area contributed by atoms with Gasteiger partial charge in [-0.1, -0.05) is 23.7 Å². The summed E-state index contributed by atoms with van der Waals surface area (Å²) in [6.07, 6.45) is 0.763. The Morgan fingerprint density at radius 2 is 1.95 bits per heavy atom. The van der Waals surface area contributed by atoms with Gasteiger partial charge in [-0.3, -0.25) is 0 Å². The van der Waals surface area contributed by atoms with E-state index in [-0.39, 0.29) is 5.82 Å². The Hall–Kier alpha value is -1.58. The first-order chi connectivity index (χ1) is 9.10. The van der Waals surface area contributed by atoms with Crippen LogP contribution in [0.5, 0.6) is 11.5 Å². The van der Waals surface area contributed by atoms with Gasteiger partial charge in [-0.05, 0) is 49.2 Å². The van der Waals surface area contributed by atoms with E-state index >= 15 is 0 Å². The standard InChI is InChI=1S/C15H15ClFNO/c1-10-2-4-12(17)9-15(10)19-14-5-3-11(6-7-18)8-13(14)16/h2-5,8-9H,6-7,18H2,1H3. The fourth-order valence-electron chi connectivity index (χ4n) is 1.75. The van der Waals surface area contributed by atoms with E-state index < -0.39 is 0 Å². The van der Waals surface area contributed by atoms with Crippen LogP contribution < -0.4 is 10.5 Å². The van der Waals surface area contributed by atoms with Crippen molar-refractivity contribution in [2.24, 2.45) is 5.73 Å². The third-order valence-corrected chi connectivity index (χ3v) is 3.09. The number of aryl methyl sites for hydroxylation is 1. The maximum Gasteiger partial charge on any atom is 0.146 e. The van der Waals surface area contributed by atoms with E-state index in [0.29, 0.717) is 23.1 Å². The summed E-state index contributed by atoms with van der Waals surface area (Å²) in [7, 11) is 0. The molecule has 100 valence electrons. The number of hydrogen-bond acceptors (Lipinski definition) is 2. The van der Waals surface area contributed by atoms with Crippen molar-refractivity contribution in [1.82, 2.24) is 0 Å². The van der Waals surface area contributed by atoms with Crippen molar-refractivity contribution in [1.29, 1.82) is 0 Å². The second-order valence-corrected chi connectivity index (χ2v) is 4.72. The fraction of sp³-hybridized carbons (Fsp3) is 0.200. The van der Waals surface area contributed by atoms with Gasteiger partial charge in [0.25, 0.3) is 0 Å². The van der Waals surface area contributed by atoms with Gasteiger partial charge in [-0.2, -0.15) is 0 Å². The molecule has 2 aromatic rings. The van der Waals surface area contributed by atoms with E-state index in [4.69, 9.17) is 22.1 Å². The van der Waals surface area contributed by atoms with Gasteiger partial charge in [0.15, 0.2) is 0 Å². The Balaban J connectivity index is 2.25. The highest BCUT2D eigenvalue weighted by molar-refractivity contribution is 6.32. The molecule has 0 atom stereocenters. The Bertz CT molecular complexity index is 586. The minimum absolute atomic E-state index is 0.337. The molecule has 0 aliphatic heterocycles. The van der Waals surface area contributed by atoms with Crippen LogP contribution in [-0.4, -0.2) is 6.54 Å². The van der Waals surface area contributed by atoms with E-state index in [2.05, 4.69) is 0 Å². The van der Waals surface area contributed by atoms with Gasteiger partial charge in [-0.25, -0.2) is 4.39 Å². The Morgan fingerprint density at radius 3 is 2.63 bits per heavy atom. The minimum Gasteiger partial charge on any atom is -0.455 e. The van der Waals surface area contributed by atoms with Crippen molar-refractivity contribution in [3.05, 3.63) is 58.4 Å². The molecule has 0 spiro atoms. The van der Waals surface area contributed by atoms with Crippen molar-refractivity contribution >= 4 is 11.6 Å². The van der Waals surface area contributed by atoms with Gasteiger partial charge in [0, 0.05) is 6.07 Å². The molecule has 0 saturated heterocycles. The summed E-state index contributed by atoms with van der Waals surface area (Å²) in [6, 6.07) is 9.91. The smallest absolute Gasteiger partial charge is 0.146 e. The highest BCUT2D eigenvalue weighted by Gasteiger charge is 2.07. The highest BCUT2D eigenvalue weighted by atomic mass is 35.5. The first kappa shape index (κ1) is 13.8. The molecule has 2 rings (SSSR count). The van der Waals surface area contributed by atoms with Crippen LogP contribution in [-0.2, 0) is 6.42 Å². The summed E-state index contributed by atoms with van der Waals surface area (Å²) in [6.45, 7) is 2.42. The van der Waals surface area contributed by atoms with E-state index in [9.17, 15) is 4.39 Å². The van der Waals surface area contributed by atoms with Gasteiger partial charge < -0.3 is 10.5 Å². The Labute approximate surface area is 117 Å². The molecule has 4 heteroatoms. The molecule has 0 radical (unpaired) electrons. The fourth-order valence-corrected chi connectivity index (χ4v) is 1.99. The largest absolute Gasteiger partial charge is 0.455 e. The van der Waals surface area contributed by atoms with Crippen LogP contribution in [0, 0.1) is 12.7 Å². The third-order valence-electron chi connectivity index (χ3n) is 2.80. The van der Waals surface area contributed by atoms with Crippen molar-refractivity contribution in [3.8, 4) is 11.5 Å². The molecular formula is C15H15ClFNO. The number of rotatable bonds is 4. The Morgan fingerprint density at radius 1 is 1.16 bits per heavy atom. The van der Waals surface area contributed by atoms with Crippen LogP contribution >= 0.6 is 11.6 Å². The number of halogens is 2. The van der Waals surface area contributed by atoms with Crippen LogP contribution in [0.4, 0.5) is 4.39 Å². The van der Waals surface area contributed by atoms with E-state index in [1.54, 1.807) is 12.1 Å². The van der Waals surface area contributed by atoms with Crippen LogP contribution in [0.25, 0.3) is 0 Å². The zero-order valence-corrected chi connectivity index (χ0v) is 11.4. The molecule has 2 aromatic carbocycles. The number of ether oxygens (including phenoxy) is 1. The van der Waals surface area contributed by atoms with Gasteiger partial charge in [0.1, 0.15) is 17.3 Å². The van der Waals surface area contributed by atoms with E-state index in [1.807, 2.05) is 19.1 Å². The van der Waals surface area contributed by atoms with Gasteiger partial charge in [0.2, 0.25) is 0 Å². The molecule has 0 saturated carbocycles. The quantitative estimate of drug-likeness (QED) is 0.915. The van der Waals surface area contributed by atoms with E-state index in [1.165, 1.54) is 12.1 Å². The number of hydrogen-bond donors (Lipinski definition) is 1. The molecule has 0 aliphatic rings. The summed E-state index contributed by atoms with van der Waals surface area (Å²) in [5.74, 6) is 0.640. The molecule has 0 bridgehead atoms. The van der Waals surface area contributed by atoms with Crippen LogP contribution in [0.3, 0.4) is 0 Å². The minimum atomic E-state index is -0.337. The lowest BCUT2D eigenvalue weighted by atomic mass is 10.1. The number of benzene rings is 2. The van der Waals surface area contributed by atoms with Gasteiger partial charge in [0.05, 0.1) is 5.02 Å². The zero-order chi connectivity index (χ0) is 13.8. The predicted octanol–water partition coefficient (Wildman–Crippen LogP) is 4.08. The molecule has 0 unspecified atom stereocenters. The summed E-state index contributed by atoms with van der Waals surface area (Å²) >= 11 is 6.15. The predicted molar refractivity (Wildman–Crippen MR) is 75.4 cm³/mol. The van der Waals surface area contributed by atoms with Crippen molar-refractivity contribution in [2.45, 2.75) is 13.3 Å². The average Bonchev–Trinajstić information content (AvgIpc) is 2.37. The molecule has 0 aromatic heterocycles. The van der Waals surface area contributed by atoms with Crippen LogP contribution in [0.2, 0.25) is 5.02 Å². The second-order valence-electron chi connectivity index (χ2n) is 4.32. The molecule has 2 nitrogen and oxygen atoms in total. The van der Waals surface area contributed by atoms with E-state index in [0.717, 1.165) is 17.5 Å². The SMILES string of the molecule is Cc1ccc(F)cc1Oc1ccc(CCN)cc1Cl. The zero-order valence-electron chi connectivity index (χ0n) is 10.6. The maximum absolute atomic E-state index is 13.2. The average molecular weight is 280 g/mol. The molecule has 0 amide bonds. The normalized spacial score (nSPS) is 10.5. The summed E-state index contributed by atoms with van der Waals surface area (Å²) in [5, 5.41) is 0.495. The second kappa shape index (κ2) is 6.04. The van der Waals surface area contributed by atoms with Gasteiger partial charge in [-0.15, -0.1) is 0 Å². The monoisotopic (exact) mass is 279 g/mol. The lowest BCUT2D eigenvalue weighted by Gasteiger charge is -2.11. The van der Waals surface area contributed by atoms with Crippen molar-refractivity contribution in [3.63, 3.8) is 0 Å². The molecule has 0 aliphatic carbocycles. The summed E-state index contributed by atoms with van der Waals surface area (Å²) in [4.78, 5) is 0. The molecule has 2 N–H and O–H groups in total. The molecule has 0 heterocycles. The van der Waals surface area contributed by atoms with Crippen LogP contribution in [0.1, 0.15) is 11.1 Å². The first-order valence-corrected chi connectivity index (χ1v) is 6.40. The molecule has 0 fully saturated rings. The maximum atomic E-state index is 13.2. The number of nitrogens with two attached hydrogens (primary N) is 1. The van der Waals surface area contributed by atoms with Gasteiger partial charge >= 0.3 is 0 Å². The van der Waals surface area contributed by atoms with Crippen molar-refractivity contribution < 1.29 is 9.13 Å². The highest BCUT2D eigenvalue weighted by Crippen LogP contribution is 2.32. The molecule has 19 heavy (non-hydrogen) atoms. The third kappa shape index (κ3) is 3.46. The van der Waals surface area contributed by atoms with Crippen LogP contribution in [0.15, 0.2) is 36.4 Å². The summed E-state index contributed by atoms with van der Waals surface area (Å²) < 4.78 is 18.8. The van der Waals surface area contributed by atoms with Crippen molar-refractivity contribution in [2.75, 3.05) is 6.54 Å². The topological polar surface area (TPSA) is 35.2 Å². The first-order valence-electron chi connectivity index (χ1n) is 6.02. The summed E-state index contributed by atoms with van der Waals surface area (Å²) in [5.41, 5.74) is 7.39. The lowest BCUT2D eigenvalue weighted by Crippen LogP contribution is -2.02. The molecular weight excluding hydrogens is 265 g/mol. The lowest BCUT2D eigenvalue weighted by molar-refractivity contribution is 0.473.